The van der Waals surface area contributed by atoms with E-state index in [0.717, 1.165) is 11.1 Å². The molecule has 0 bridgehead atoms. The zero-order valence-corrected chi connectivity index (χ0v) is 18.6. The molecule has 0 fully saturated rings. The van der Waals surface area contributed by atoms with Crippen LogP contribution in [0.1, 0.15) is 54.0 Å². The fourth-order valence-electron chi connectivity index (χ4n) is 4.44. The molecule has 1 aliphatic rings. The molecule has 0 heterocycles. The Morgan fingerprint density at radius 1 is 0.906 bits per heavy atom. The largest absolute Gasteiger partial charge is 0.478 e. The Morgan fingerprint density at radius 3 is 2.00 bits per heavy atom. The van der Waals surface area contributed by atoms with Crippen LogP contribution in [-0.4, -0.2) is 27.9 Å². The Morgan fingerprint density at radius 2 is 1.50 bits per heavy atom. The third-order valence-electron chi connectivity index (χ3n) is 5.94. The molecule has 0 aromatic heterocycles. The molecule has 0 amide bonds. The van der Waals surface area contributed by atoms with Gasteiger partial charge in [0.1, 0.15) is 11.4 Å². The number of carbonyl (C=O) groups is 2. The van der Waals surface area contributed by atoms with Crippen molar-refractivity contribution in [3.8, 4) is 0 Å². The summed E-state index contributed by atoms with van der Waals surface area (Å²) in [6, 6.07) is 15.2. The highest BCUT2D eigenvalue weighted by Gasteiger charge is 2.52. The Balaban J connectivity index is 2.04. The van der Waals surface area contributed by atoms with Gasteiger partial charge < -0.3 is 9.84 Å². The molecule has 2 aromatic carbocycles. The lowest BCUT2D eigenvalue weighted by atomic mass is 9.64. The summed E-state index contributed by atoms with van der Waals surface area (Å²) >= 11 is 0. The lowest BCUT2D eigenvalue weighted by molar-refractivity contribution is -0.330. The van der Waals surface area contributed by atoms with Crippen LogP contribution in [0.3, 0.4) is 0 Å². The highest BCUT2D eigenvalue weighted by atomic mass is 17.1. The van der Waals surface area contributed by atoms with E-state index in [1.807, 2.05) is 64.1 Å². The van der Waals surface area contributed by atoms with E-state index in [9.17, 15) is 14.8 Å². The van der Waals surface area contributed by atoms with Gasteiger partial charge in [0.05, 0.1) is 17.0 Å². The summed E-state index contributed by atoms with van der Waals surface area (Å²) in [5.74, 6) is -1.93. The van der Waals surface area contributed by atoms with Crippen molar-refractivity contribution >= 4 is 17.5 Å². The zero-order valence-electron chi connectivity index (χ0n) is 18.6. The number of ether oxygens (including phenoxy) is 1. The molecule has 2 aromatic rings. The Labute approximate surface area is 187 Å². The van der Waals surface area contributed by atoms with Crippen molar-refractivity contribution in [1.29, 1.82) is 0 Å². The number of rotatable bonds is 7. The Bertz CT molecular complexity index is 1030. The fourth-order valence-corrected chi connectivity index (χ4v) is 4.44. The highest BCUT2D eigenvalue weighted by Crippen LogP contribution is 2.50. The minimum Gasteiger partial charge on any atom is -0.478 e. The average molecular weight is 437 g/mol. The first-order valence-electron chi connectivity index (χ1n) is 10.6. The van der Waals surface area contributed by atoms with Crippen LogP contribution in [0.25, 0.3) is 5.57 Å². The maximum absolute atomic E-state index is 12.8. The molecule has 3 rings (SSSR count). The smallest absolute Gasteiger partial charge is 0.343 e. The molecular formula is C26H28O6. The van der Waals surface area contributed by atoms with Gasteiger partial charge in [0, 0.05) is 0 Å². The first kappa shape index (κ1) is 23.4. The van der Waals surface area contributed by atoms with E-state index >= 15 is 0 Å². The molecular weight excluding hydrogens is 408 g/mol. The van der Waals surface area contributed by atoms with Crippen LogP contribution in [0.2, 0.25) is 0 Å². The van der Waals surface area contributed by atoms with Gasteiger partial charge in [0.15, 0.2) is 0 Å². The van der Waals surface area contributed by atoms with Gasteiger partial charge in [-0.05, 0) is 53.3 Å². The number of carboxylic acids is 1. The third-order valence-corrected chi connectivity index (χ3v) is 5.94. The van der Waals surface area contributed by atoms with Crippen LogP contribution in [0.15, 0.2) is 72.5 Å². The number of esters is 1. The summed E-state index contributed by atoms with van der Waals surface area (Å²) in [6.07, 6.45) is 3.57. The molecule has 1 aliphatic carbocycles. The minimum absolute atomic E-state index is 0.0367. The van der Waals surface area contributed by atoms with Gasteiger partial charge in [-0.25, -0.2) is 14.5 Å². The van der Waals surface area contributed by atoms with E-state index in [-0.39, 0.29) is 23.0 Å². The summed E-state index contributed by atoms with van der Waals surface area (Å²) in [4.78, 5) is 29.2. The van der Waals surface area contributed by atoms with Crippen molar-refractivity contribution in [3.63, 3.8) is 0 Å². The third kappa shape index (κ3) is 4.24. The number of carboxylic acid groups (broad SMARTS) is 1. The van der Waals surface area contributed by atoms with Crippen molar-refractivity contribution in [2.75, 3.05) is 0 Å². The SMILES string of the molecule is CC(C)C1C(OC(=O)c2ccc(C(=O)O)cc2)=CC=C(c2ccccc2)C1(OO)C(C)C. The predicted octanol–water partition coefficient (Wildman–Crippen LogP) is 5.68. The maximum Gasteiger partial charge on any atom is 0.343 e. The van der Waals surface area contributed by atoms with E-state index in [1.54, 1.807) is 6.08 Å². The first-order chi connectivity index (χ1) is 15.2. The molecule has 0 saturated heterocycles. The number of aromatic carboxylic acids is 1. The van der Waals surface area contributed by atoms with Crippen molar-refractivity contribution in [1.82, 2.24) is 0 Å². The molecule has 0 aliphatic heterocycles. The second-order valence-corrected chi connectivity index (χ2v) is 8.55. The van der Waals surface area contributed by atoms with E-state index in [4.69, 9.17) is 14.7 Å². The Kier molecular flexibility index (Phi) is 6.96. The quantitative estimate of drug-likeness (QED) is 0.330. The summed E-state index contributed by atoms with van der Waals surface area (Å²) in [5.41, 5.74) is 0.900. The molecule has 6 heteroatoms. The van der Waals surface area contributed by atoms with Crippen LogP contribution in [0, 0.1) is 17.8 Å². The maximum atomic E-state index is 12.8. The van der Waals surface area contributed by atoms with Gasteiger partial charge in [-0.2, -0.15) is 0 Å². The number of hydrogen-bond donors (Lipinski definition) is 2. The van der Waals surface area contributed by atoms with E-state index in [2.05, 4.69) is 0 Å². The van der Waals surface area contributed by atoms with Crippen molar-refractivity contribution in [2.24, 2.45) is 17.8 Å². The van der Waals surface area contributed by atoms with Crippen molar-refractivity contribution < 1.29 is 29.6 Å². The molecule has 32 heavy (non-hydrogen) atoms. The van der Waals surface area contributed by atoms with Crippen molar-refractivity contribution in [2.45, 2.75) is 33.3 Å². The summed E-state index contributed by atoms with van der Waals surface area (Å²) in [6.45, 7) is 7.88. The molecule has 2 atom stereocenters. The molecule has 2 N–H and O–H groups in total. The van der Waals surface area contributed by atoms with E-state index < -0.39 is 23.5 Å². The average Bonchev–Trinajstić information content (AvgIpc) is 2.78. The van der Waals surface area contributed by atoms with E-state index in [0.29, 0.717) is 5.76 Å². The fraction of sp³-hybridized carbons (Fsp3) is 0.308. The molecule has 168 valence electrons. The second kappa shape index (κ2) is 9.51. The molecule has 0 saturated carbocycles. The van der Waals surface area contributed by atoms with Crippen LogP contribution in [-0.2, 0) is 9.62 Å². The summed E-state index contributed by atoms with van der Waals surface area (Å²) in [5, 5.41) is 19.3. The number of carbonyl (C=O) groups excluding carboxylic acids is 1. The van der Waals surface area contributed by atoms with Gasteiger partial charge in [0.2, 0.25) is 0 Å². The minimum atomic E-state index is -1.13. The Hall–Kier alpha value is -3.22. The lowest BCUT2D eigenvalue weighted by Crippen LogP contribution is -2.50. The van der Waals surface area contributed by atoms with Crippen LogP contribution in [0.4, 0.5) is 0 Å². The second-order valence-electron chi connectivity index (χ2n) is 8.55. The standard InChI is InChI=1S/C26H28O6/c1-16(2)23-22(31-25(29)20-12-10-19(11-13-20)24(27)28)15-14-21(18-8-6-5-7-9-18)26(23,32-30)17(3)4/h5-17,23,30H,1-4H3,(H,27,28). The highest BCUT2D eigenvalue weighted by molar-refractivity contribution is 5.93. The number of benzene rings is 2. The zero-order chi connectivity index (χ0) is 23.5. The topological polar surface area (TPSA) is 93.1 Å². The monoisotopic (exact) mass is 436 g/mol. The molecule has 0 spiro atoms. The first-order valence-corrected chi connectivity index (χ1v) is 10.6. The van der Waals surface area contributed by atoms with Crippen molar-refractivity contribution in [3.05, 3.63) is 89.2 Å². The molecule has 0 radical (unpaired) electrons. The van der Waals surface area contributed by atoms with Gasteiger partial charge in [0.25, 0.3) is 0 Å². The van der Waals surface area contributed by atoms with Crippen LogP contribution < -0.4 is 0 Å². The van der Waals surface area contributed by atoms with Crippen LogP contribution in [0.5, 0.6) is 0 Å². The number of hydrogen-bond acceptors (Lipinski definition) is 5. The molecule has 2 unspecified atom stereocenters. The summed E-state index contributed by atoms with van der Waals surface area (Å²) < 4.78 is 5.78. The summed E-state index contributed by atoms with van der Waals surface area (Å²) in [7, 11) is 0. The van der Waals surface area contributed by atoms with Gasteiger partial charge >= 0.3 is 11.9 Å². The normalized spacial score (nSPS) is 20.7. The number of allylic oxidation sites excluding steroid dienone is 2. The van der Waals surface area contributed by atoms with E-state index in [1.165, 1.54) is 24.3 Å². The predicted molar refractivity (Wildman–Crippen MR) is 121 cm³/mol. The van der Waals surface area contributed by atoms with Gasteiger partial charge in [-0.3, -0.25) is 5.26 Å². The molecule has 6 nitrogen and oxygen atoms in total. The van der Waals surface area contributed by atoms with Gasteiger partial charge in [-0.15, -0.1) is 0 Å². The van der Waals surface area contributed by atoms with Gasteiger partial charge in [-0.1, -0.05) is 64.1 Å². The van der Waals surface area contributed by atoms with Crippen LogP contribution >= 0.6 is 0 Å². The lowest BCUT2D eigenvalue weighted by Gasteiger charge is -2.46.